The van der Waals surface area contributed by atoms with E-state index in [1.807, 2.05) is 93.0 Å². The van der Waals surface area contributed by atoms with E-state index in [2.05, 4.69) is 16.0 Å². The minimum Gasteiger partial charge on any atom is -0.489 e. The van der Waals surface area contributed by atoms with Crippen LogP contribution in [0.25, 0.3) is 11.0 Å². The highest BCUT2D eigenvalue weighted by atomic mass is 32.2. The lowest BCUT2D eigenvalue weighted by Crippen LogP contribution is -2.25. The molecular formula is C38H36F3N5O5S. The van der Waals surface area contributed by atoms with Gasteiger partial charge in [0.1, 0.15) is 30.5 Å². The Kier molecular flexibility index (Phi) is 10.2. The van der Waals surface area contributed by atoms with E-state index in [0.29, 0.717) is 29.4 Å². The lowest BCUT2D eigenvalue weighted by Gasteiger charge is -2.24. The number of carbonyl (C=O) groups excluding carboxylic acids is 3. The lowest BCUT2D eigenvalue weighted by molar-refractivity contribution is -0.137. The molecule has 1 saturated heterocycles. The maximum atomic E-state index is 12.9. The number of anilines is 2. The van der Waals surface area contributed by atoms with Gasteiger partial charge in [-0.1, -0.05) is 56.8 Å². The number of nitrogens with zero attached hydrogens (tertiary/aromatic N) is 2. The van der Waals surface area contributed by atoms with Crippen molar-refractivity contribution in [1.82, 2.24) is 14.9 Å². The van der Waals surface area contributed by atoms with Crippen LogP contribution < -0.4 is 25.4 Å². The summed E-state index contributed by atoms with van der Waals surface area (Å²) in [5.74, 6) is 1.69. The van der Waals surface area contributed by atoms with Crippen molar-refractivity contribution in [3.05, 3.63) is 113 Å². The Morgan fingerprint density at radius 2 is 1.54 bits per heavy atom. The zero-order chi connectivity index (χ0) is 37.2. The Morgan fingerprint density at radius 1 is 0.865 bits per heavy atom. The molecule has 3 N–H and O–H groups in total. The number of fused-ring (bicyclic) bond motifs is 1. The minimum atomic E-state index is -4.47. The number of hydrogen-bond acceptors (Lipinski definition) is 7. The molecule has 52 heavy (non-hydrogen) atoms. The van der Waals surface area contributed by atoms with Gasteiger partial charge in [-0.2, -0.15) is 13.2 Å². The van der Waals surface area contributed by atoms with E-state index < -0.39 is 23.0 Å². The van der Waals surface area contributed by atoms with Crippen molar-refractivity contribution in [2.24, 2.45) is 7.05 Å². The second-order valence-electron chi connectivity index (χ2n) is 13.3. The predicted molar refractivity (Wildman–Crippen MR) is 194 cm³/mol. The number of imidazole rings is 1. The third-order valence-electron chi connectivity index (χ3n) is 8.44. The van der Waals surface area contributed by atoms with E-state index >= 15 is 0 Å². The number of imide groups is 1. The molecule has 1 unspecified atom stereocenters. The average molecular weight is 732 g/mol. The van der Waals surface area contributed by atoms with Crippen molar-refractivity contribution in [3.63, 3.8) is 0 Å². The van der Waals surface area contributed by atoms with E-state index in [4.69, 9.17) is 14.5 Å². The summed E-state index contributed by atoms with van der Waals surface area (Å²) in [6.07, 6.45) is -4.02. The number of carbonyl (C=O) groups is 3. The molecular weight excluding hydrogens is 696 g/mol. The third-order valence-corrected chi connectivity index (χ3v) is 9.42. The molecule has 0 saturated carbocycles. The molecule has 0 spiro atoms. The van der Waals surface area contributed by atoms with Crippen molar-refractivity contribution >= 4 is 51.3 Å². The maximum absolute atomic E-state index is 12.9. The number of rotatable bonds is 10. The first-order valence-electron chi connectivity index (χ1n) is 16.3. The lowest BCUT2D eigenvalue weighted by atomic mass is 9.85. The second kappa shape index (κ2) is 14.6. The normalized spacial score (nSPS) is 14.7. The molecule has 6 rings (SSSR count). The van der Waals surface area contributed by atoms with Crippen LogP contribution in [-0.4, -0.2) is 32.0 Å². The van der Waals surface area contributed by atoms with Crippen LogP contribution in [0.5, 0.6) is 11.5 Å². The number of benzene rings is 4. The third kappa shape index (κ3) is 8.68. The molecule has 1 aliphatic rings. The van der Waals surface area contributed by atoms with Crippen LogP contribution in [0.15, 0.2) is 84.9 Å². The van der Waals surface area contributed by atoms with E-state index in [1.165, 1.54) is 12.1 Å². The standard InChI is InChI=1S/C38H36F3N5O5S/c1-37(2,3)28-15-7-23(17-30(28)44-35(48)42-25-10-8-24(9-11-25)38(39,40)41)20-50-27-14-16-29-31(19-27)46(4)33(43-29)21-51-26-12-5-22(6-13-26)18-32-34(47)45-36(49)52-32/h5-17,19,32H,18,20-21H2,1-4H3,(H2,42,44,48)(H,45,47,49). The SMILES string of the molecule is Cn1c(COc2ccc(CC3SC(=O)NC3=O)cc2)nc2ccc(OCc3ccc(C(C)(C)C)c(NC(=O)Nc4ccc(C(F)(F)F)cc4)c3)cc21. The largest absolute Gasteiger partial charge is 0.489 e. The van der Waals surface area contributed by atoms with Gasteiger partial charge in [-0.15, -0.1) is 0 Å². The van der Waals surface area contributed by atoms with Gasteiger partial charge in [0.05, 0.1) is 21.8 Å². The summed E-state index contributed by atoms with van der Waals surface area (Å²) in [6.45, 7) is 6.47. The Balaban J connectivity index is 1.08. The van der Waals surface area contributed by atoms with Gasteiger partial charge in [-0.05, 0) is 83.1 Å². The topological polar surface area (TPSA) is 124 Å². The molecule has 0 aliphatic carbocycles. The highest BCUT2D eigenvalue weighted by Crippen LogP contribution is 2.33. The fourth-order valence-electron chi connectivity index (χ4n) is 5.68. The first-order chi connectivity index (χ1) is 24.6. The van der Waals surface area contributed by atoms with Crippen LogP contribution >= 0.6 is 11.8 Å². The molecule has 4 aromatic carbocycles. The van der Waals surface area contributed by atoms with Crippen LogP contribution in [0.2, 0.25) is 0 Å². The maximum Gasteiger partial charge on any atom is 0.416 e. The number of urea groups is 1. The van der Waals surface area contributed by atoms with Crippen molar-refractivity contribution in [2.45, 2.75) is 57.2 Å². The fourth-order valence-corrected chi connectivity index (χ4v) is 6.54. The van der Waals surface area contributed by atoms with E-state index in [0.717, 1.165) is 51.6 Å². The monoisotopic (exact) mass is 731 g/mol. The molecule has 0 bridgehead atoms. The summed E-state index contributed by atoms with van der Waals surface area (Å²) in [6, 6.07) is 22.3. The zero-order valence-corrected chi connectivity index (χ0v) is 29.6. The van der Waals surface area contributed by atoms with Crippen LogP contribution in [0.1, 0.15) is 48.8 Å². The number of aromatic nitrogens is 2. The molecule has 2 heterocycles. The summed E-state index contributed by atoms with van der Waals surface area (Å²) < 4.78 is 52.9. The predicted octanol–water partition coefficient (Wildman–Crippen LogP) is 8.59. The quantitative estimate of drug-likeness (QED) is 0.132. The number of alkyl halides is 3. The molecule has 270 valence electrons. The molecule has 1 atom stereocenters. The van der Waals surface area contributed by atoms with Gasteiger partial charge in [0, 0.05) is 24.5 Å². The molecule has 5 aromatic rings. The van der Waals surface area contributed by atoms with E-state index in [9.17, 15) is 27.6 Å². The smallest absolute Gasteiger partial charge is 0.416 e. The van der Waals surface area contributed by atoms with E-state index in [-0.39, 0.29) is 35.5 Å². The summed E-state index contributed by atoms with van der Waals surface area (Å²) in [4.78, 5) is 40.9. The van der Waals surface area contributed by atoms with Crippen molar-refractivity contribution in [1.29, 1.82) is 0 Å². The van der Waals surface area contributed by atoms with Crippen molar-refractivity contribution in [2.75, 3.05) is 10.6 Å². The van der Waals surface area contributed by atoms with Gasteiger partial charge >= 0.3 is 12.2 Å². The Hall–Kier alpha value is -5.50. The highest BCUT2D eigenvalue weighted by molar-refractivity contribution is 8.15. The molecule has 10 nitrogen and oxygen atoms in total. The molecule has 1 aromatic heterocycles. The van der Waals surface area contributed by atoms with Gasteiger partial charge in [0.25, 0.3) is 5.24 Å². The van der Waals surface area contributed by atoms with Gasteiger partial charge in [-0.3, -0.25) is 14.9 Å². The molecule has 1 aliphatic heterocycles. The summed E-state index contributed by atoms with van der Waals surface area (Å²) in [5, 5.41) is 7.00. The van der Waals surface area contributed by atoms with Crippen LogP contribution in [0.3, 0.4) is 0 Å². The van der Waals surface area contributed by atoms with E-state index in [1.54, 1.807) is 0 Å². The van der Waals surface area contributed by atoms with Gasteiger partial charge in [0.15, 0.2) is 0 Å². The Labute approximate surface area is 302 Å². The second-order valence-corrected chi connectivity index (χ2v) is 14.5. The van der Waals surface area contributed by atoms with Crippen LogP contribution in [0, 0.1) is 0 Å². The van der Waals surface area contributed by atoms with Gasteiger partial charge in [0.2, 0.25) is 5.91 Å². The fraction of sp³-hybridized carbons (Fsp3) is 0.263. The molecule has 1 fully saturated rings. The first-order valence-corrected chi connectivity index (χ1v) is 17.2. The number of aryl methyl sites for hydroxylation is 1. The molecule has 14 heteroatoms. The van der Waals surface area contributed by atoms with Crippen molar-refractivity contribution < 1.29 is 37.0 Å². The summed E-state index contributed by atoms with van der Waals surface area (Å²) in [7, 11) is 1.89. The summed E-state index contributed by atoms with van der Waals surface area (Å²) >= 11 is 1.00. The average Bonchev–Trinajstić information content (AvgIpc) is 3.58. The first kappa shape index (κ1) is 36.3. The van der Waals surface area contributed by atoms with Crippen LogP contribution in [-0.2, 0) is 43.1 Å². The number of halogens is 3. The number of amides is 4. The molecule has 0 radical (unpaired) electrons. The zero-order valence-electron chi connectivity index (χ0n) is 28.8. The van der Waals surface area contributed by atoms with Crippen molar-refractivity contribution in [3.8, 4) is 11.5 Å². The highest BCUT2D eigenvalue weighted by Gasteiger charge is 2.32. The number of thioether (sulfide) groups is 1. The Bertz CT molecular complexity index is 2130. The number of nitrogens with one attached hydrogen (secondary N) is 3. The summed E-state index contributed by atoms with van der Waals surface area (Å²) in [5.41, 5.74) is 3.86. The molecule has 4 amide bonds. The number of ether oxygens (including phenoxy) is 2. The minimum absolute atomic E-state index is 0.204. The van der Waals surface area contributed by atoms with Gasteiger partial charge in [-0.25, -0.2) is 9.78 Å². The number of hydrogen-bond donors (Lipinski definition) is 3. The van der Waals surface area contributed by atoms with Gasteiger partial charge < -0.3 is 24.7 Å². The van der Waals surface area contributed by atoms with Crippen LogP contribution in [0.4, 0.5) is 34.1 Å². The Morgan fingerprint density at radius 3 is 2.19 bits per heavy atom.